The third kappa shape index (κ3) is 1.43. The molecule has 0 radical (unpaired) electrons. The second-order valence-electron chi connectivity index (χ2n) is 3.29. The Morgan fingerprint density at radius 3 is 2.71 bits per heavy atom. The molecule has 0 saturated carbocycles. The molecule has 3 nitrogen and oxygen atoms in total. The van der Waals surface area contributed by atoms with Crippen molar-refractivity contribution in [2.24, 2.45) is 0 Å². The monoisotopic (exact) mass is 189 g/mol. The number of aromatic nitrogens is 1. The van der Waals surface area contributed by atoms with Crippen molar-refractivity contribution in [1.82, 2.24) is 4.57 Å². The van der Waals surface area contributed by atoms with E-state index in [-0.39, 0.29) is 0 Å². The molecule has 0 fully saturated rings. The highest BCUT2D eigenvalue weighted by Crippen LogP contribution is 2.13. The van der Waals surface area contributed by atoms with Crippen molar-refractivity contribution in [3.05, 3.63) is 30.5 Å². The number of fused-ring (bicyclic) bond motifs is 1. The third-order valence-electron chi connectivity index (χ3n) is 2.44. The Hall–Kier alpha value is -1.26. The van der Waals surface area contributed by atoms with Gasteiger partial charge in [0.05, 0.1) is 0 Å². The Bertz CT molecular complexity index is 450. The largest absolute Gasteiger partial charge is 0.488 e. The van der Waals surface area contributed by atoms with Gasteiger partial charge in [0.25, 0.3) is 0 Å². The molecule has 0 aliphatic carbocycles. The van der Waals surface area contributed by atoms with Gasteiger partial charge in [-0.05, 0) is 29.9 Å². The highest BCUT2D eigenvalue weighted by atomic mass is 16.4. The summed E-state index contributed by atoms with van der Waals surface area (Å²) in [6.45, 7) is 2.94. The Morgan fingerprint density at radius 2 is 2.07 bits per heavy atom. The Balaban J connectivity index is 2.61. The molecule has 1 heterocycles. The topological polar surface area (TPSA) is 45.4 Å². The maximum atomic E-state index is 9.03. The summed E-state index contributed by atoms with van der Waals surface area (Å²) >= 11 is 0. The van der Waals surface area contributed by atoms with Crippen LogP contribution in [0.5, 0.6) is 0 Å². The van der Waals surface area contributed by atoms with Gasteiger partial charge in [-0.25, -0.2) is 0 Å². The molecule has 2 aromatic rings. The van der Waals surface area contributed by atoms with Gasteiger partial charge < -0.3 is 14.6 Å². The number of aryl methyl sites for hydroxylation is 1. The SMILES string of the molecule is CCn1ccc2ccc(B(O)O)cc21. The van der Waals surface area contributed by atoms with E-state index >= 15 is 0 Å². The first-order valence-corrected chi connectivity index (χ1v) is 4.67. The van der Waals surface area contributed by atoms with E-state index in [9.17, 15) is 0 Å². The summed E-state index contributed by atoms with van der Waals surface area (Å²) < 4.78 is 2.07. The van der Waals surface area contributed by atoms with Crippen molar-refractivity contribution >= 4 is 23.5 Å². The summed E-state index contributed by atoms with van der Waals surface area (Å²) in [6, 6.07) is 7.46. The maximum Gasteiger partial charge on any atom is 0.488 e. The van der Waals surface area contributed by atoms with Crippen LogP contribution in [-0.2, 0) is 6.54 Å². The summed E-state index contributed by atoms with van der Waals surface area (Å²) in [5, 5.41) is 19.2. The van der Waals surface area contributed by atoms with Gasteiger partial charge >= 0.3 is 7.12 Å². The van der Waals surface area contributed by atoms with Gasteiger partial charge in [-0.15, -0.1) is 0 Å². The zero-order valence-corrected chi connectivity index (χ0v) is 8.01. The van der Waals surface area contributed by atoms with Crippen molar-refractivity contribution in [1.29, 1.82) is 0 Å². The highest BCUT2D eigenvalue weighted by Gasteiger charge is 2.11. The van der Waals surface area contributed by atoms with Gasteiger partial charge in [0.1, 0.15) is 0 Å². The number of nitrogens with zero attached hydrogens (tertiary/aromatic N) is 1. The molecule has 1 aromatic heterocycles. The van der Waals surface area contributed by atoms with Crippen LogP contribution in [0.25, 0.3) is 10.9 Å². The number of benzene rings is 1. The van der Waals surface area contributed by atoms with Gasteiger partial charge in [-0.2, -0.15) is 0 Å². The summed E-state index contributed by atoms with van der Waals surface area (Å²) in [7, 11) is -1.39. The Kier molecular flexibility index (Phi) is 2.31. The summed E-state index contributed by atoms with van der Waals surface area (Å²) in [4.78, 5) is 0. The van der Waals surface area contributed by atoms with Crippen LogP contribution in [0.15, 0.2) is 30.5 Å². The smallest absolute Gasteiger partial charge is 0.423 e. The number of hydrogen-bond acceptors (Lipinski definition) is 2. The summed E-state index contributed by atoms with van der Waals surface area (Å²) in [5.41, 5.74) is 1.57. The lowest BCUT2D eigenvalue weighted by Crippen LogP contribution is -2.29. The lowest BCUT2D eigenvalue weighted by molar-refractivity contribution is 0.426. The zero-order chi connectivity index (χ0) is 10.1. The predicted octanol–water partition coefficient (Wildman–Crippen LogP) is 0.341. The van der Waals surface area contributed by atoms with E-state index in [1.807, 2.05) is 24.4 Å². The minimum absolute atomic E-state index is 0.533. The van der Waals surface area contributed by atoms with Gasteiger partial charge in [0, 0.05) is 18.3 Å². The van der Waals surface area contributed by atoms with Crippen molar-refractivity contribution in [2.45, 2.75) is 13.5 Å². The fourth-order valence-corrected chi connectivity index (χ4v) is 1.64. The van der Waals surface area contributed by atoms with E-state index in [1.54, 1.807) is 6.07 Å². The van der Waals surface area contributed by atoms with Crippen LogP contribution in [0.2, 0.25) is 0 Å². The first-order valence-electron chi connectivity index (χ1n) is 4.67. The molecule has 0 atom stereocenters. The lowest BCUT2D eigenvalue weighted by atomic mass is 9.80. The molecule has 0 saturated heterocycles. The zero-order valence-electron chi connectivity index (χ0n) is 8.01. The average Bonchev–Trinajstić information content (AvgIpc) is 2.59. The summed E-state index contributed by atoms with van der Waals surface area (Å²) in [6.07, 6.45) is 2.00. The third-order valence-corrected chi connectivity index (χ3v) is 2.44. The molecule has 0 amide bonds. The van der Waals surface area contributed by atoms with Crippen LogP contribution in [0.4, 0.5) is 0 Å². The first-order chi connectivity index (χ1) is 6.72. The van der Waals surface area contributed by atoms with Crippen molar-refractivity contribution in [2.75, 3.05) is 0 Å². The van der Waals surface area contributed by atoms with Gasteiger partial charge in [-0.1, -0.05) is 12.1 Å². The van der Waals surface area contributed by atoms with Crippen LogP contribution < -0.4 is 5.46 Å². The number of rotatable bonds is 2. The minimum atomic E-state index is -1.39. The van der Waals surface area contributed by atoms with Gasteiger partial charge in [0.2, 0.25) is 0 Å². The molecule has 4 heteroatoms. The molecular formula is C10H12BNO2. The van der Waals surface area contributed by atoms with E-state index in [4.69, 9.17) is 10.0 Å². The molecule has 0 unspecified atom stereocenters. The molecule has 14 heavy (non-hydrogen) atoms. The average molecular weight is 189 g/mol. The summed E-state index contributed by atoms with van der Waals surface area (Å²) in [5.74, 6) is 0. The van der Waals surface area contributed by atoms with Crippen LogP contribution in [-0.4, -0.2) is 21.7 Å². The molecule has 2 N–H and O–H groups in total. The molecule has 0 bridgehead atoms. The fraction of sp³-hybridized carbons (Fsp3) is 0.200. The quantitative estimate of drug-likeness (QED) is 0.669. The van der Waals surface area contributed by atoms with E-state index in [1.165, 1.54) is 0 Å². The van der Waals surface area contributed by atoms with Crippen molar-refractivity contribution in [3.8, 4) is 0 Å². The molecule has 2 rings (SSSR count). The normalized spacial score (nSPS) is 10.8. The van der Waals surface area contributed by atoms with Gasteiger partial charge in [-0.3, -0.25) is 0 Å². The van der Waals surface area contributed by atoms with E-state index in [2.05, 4.69) is 11.5 Å². The molecule has 0 aliphatic rings. The Morgan fingerprint density at radius 1 is 1.29 bits per heavy atom. The second kappa shape index (κ2) is 3.48. The highest BCUT2D eigenvalue weighted by molar-refractivity contribution is 6.58. The Labute approximate surface area is 82.7 Å². The number of hydrogen-bond donors (Lipinski definition) is 2. The fourth-order valence-electron chi connectivity index (χ4n) is 1.64. The second-order valence-corrected chi connectivity index (χ2v) is 3.29. The molecular weight excluding hydrogens is 177 g/mol. The van der Waals surface area contributed by atoms with Crippen LogP contribution >= 0.6 is 0 Å². The molecule has 1 aromatic carbocycles. The minimum Gasteiger partial charge on any atom is -0.423 e. The molecule has 72 valence electrons. The first kappa shape index (κ1) is 9.31. The molecule has 0 spiro atoms. The van der Waals surface area contributed by atoms with Crippen LogP contribution in [0, 0.1) is 0 Å². The van der Waals surface area contributed by atoms with Crippen LogP contribution in [0.3, 0.4) is 0 Å². The van der Waals surface area contributed by atoms with E-state index < -0.39 is 7.12 Å². The van der Waals surface area contributed by atoms with Crippen LogP contribution in [0.1, 0.15) is 6.92 Å². The lowest BCUT2D eigenvalue weighted by Gasteiger charge is -2.03. The standard InChI is InChI=1S/C10H12BNO2/c1-2-12-6-5-8-3-4-9(11(13)14)7-10(8)12/h3-7,13-14H,2H2,1H3. The maximum absolute atomic E-state index is 9.03. The van der Waals surface area contributed by atoms with E-state index in [0.29, 0.717) is 5.46 Å². The predicted molar refractivity (Wildman–Crippen MR) is 57.4 cm³/mol. The van der Waals surface area contributed by atoms with Crippen molar-refractivity contribution < 1.29 is 10.0 Å². The van der Waals surface area contributed by atoms with Crippen molar-refractivity contribution in [3.63, 3.8) is 0 Å². The van der Waals surface area contributed by atoms with Gasteiger partial charge in [0.15, 0.2) is 0 Å². The van der Waals surface area contributed by atoms with E-state index in [0.717, 1.165) is 17.4 Å². The molecule has 0 aliphatic heterocycles.